The standard InChI is InChI=1S/C19H20N2O4/c1-14(19(24)21-13-11-18(22)23)25-17-9-6-15(7-10-17)5-8-16-4-2-3-12-20-16/h2-10,12,14H,11,13H2,1H3,(H,21,24)(H,22,23)/b8-5+. The number of pyridine rings is 1. The number of carboxylic acids is 1. The highest BCUT2D eigenvalue weighted by molar-refractivity contribution is 5.81. The molecule has 130 valence electrons. The van der Waals surface area contributed by atoms with Crippen molar-refractivity contribution >= 4 is 24.0 Å². The second-order valence-corrected chi connectivity index (χ2v) is 5.35. The Kier molecular flexibility index (Phi) is 6.71. The topological polar surface area (TPSA) is 88.5 Å². The Labute approximate surface area is 146 Å². The highest BCUT2D eigenvalue weighted by Crippen LogP contribution is 2.15. The highest BCUT2D eigenvalue weighted by Gasteiger charge is 2.14. The van der Waals surface area contributed by atoms with Gasteiger partial charge < -0.3 is 15.2 Å². The van der Waals surface area contributed by atoms with Crippen molar-refractivity contribution in [1.29, 1.82) is 0 Å². The summed E-state index contributed by atoms with van der Waals surface area (Å²) >= 11 is 0. The smallest absolute Gasteiger partial charge is 0.305 e. The quantitative estimate of drug-likeness (QED) is 0.771. The highest BCUT2D eigenvalue weighted by atomic mass is 16.5. The molecule has 0 saturated carbocycles. The molecule has 0 spiro atoms. The average Bonchev–Trinajstić information content (AvgIpc) is 2.61. The molecule has 1 aromatic carbocycles. The molecule has 1 heterocycles. The molecule has 1 aromatic heterocycles. The number of hydrogen-bond donors (Lipinski definition) is 2. The molecule has 6 nitrogen and oxygen atoms in total. The zero-order valence-corrected chi connectivity index (χ0v) is 13.9. The van der Waals surface area contributed by atoms with Gasteiger partial charge in [0.05, 0.1) is 12.1 Å². The Morgan fingerprint density at radius 3 is 2.60 bits per heavy atom. The van der Waals surface area contributed by atoms with E-state index in [-0.39, 0.29) is 18.9 Å². The second kappa shape index (κ2) is 9.22. The number of carboxylic acid groups (broad SMARTS) is 1. The number of amides is 1. The number of aromatic nitrogens is 1. The molecule has 0 fully saturated rings. The molecule has 0 bridgehead atoms. The molecule has 0 saturated heterocycles. The predicted molar refractivity (Wildman–Crippen MR) is 95.0 cm³/mol. The van der Waals surface area contributed by atoms with Gasteiger partial charge in [-0.2, -0.15) is 0 Å². The first-order valence-electron chi connectivity index (χ1n) is 7.90. The van der Waals surface area contributed by atoms with Gasteiger partial charge >= 0.3 is 5.97 Å². The van der Waals surface area contributed by atoms with Crippen LogP contribution in [0.5, 0.6) is 5.75 Å². The Bertz CT molecular complexity index is 727. The maximum Gasteiger partial charge on any atom is 0.305 e. The molecule has 2 rings (SSSR count). The number of aliphatic carboxylic acids is 1. The minimum Gasteiger partial charge on any atom is -0.481 e. The lowest BCUT2D eigenvalue weighted by Crippen LogP contribution is -2.37. The average molecular weight is 340 g/mol. The fraction of sp³-hybridized carbons (Fsp3) is 0.211. The number of nitrogens with zero attached hydrogens (tertiary/aromatic N) is 1. The summed E-state index contributed by atoms with van der Waals surface area (Å²) < 4.78 is 5.56. The van der Waals surface area contributed by atoms with Crippen LogP contribution in [0.2, 0.25) is 0 Å². The van der Waals surface area contributed by atoms with Gasteiger partial charge in [0.15, 0.2) is 6.10 Å². The Morgan fingerprint density at radius 2 is 1.96 bits per heavy atom. The van der Waals surface area contributed by atoms with Crippen molar-refractivity contribution in [3.8, 4) is 5.75 Å². The first-order valence-corrected chi connectivity index (χ1v) is 7.90. The zero-order valence-electron chi connectivity index (χ0n) is 13.9. The molecule has 1 atom stereocenters. The number of hydrogen-bond acceptors (Lipinski definition) is 4. The summed E-state index contributed by atoms with van der Waals surface area (Å²) in [6, 6.07) is 13.0. The number of carbonyl (C=O) groups is 2. The predicted octanol–water partition coefficient (Wildman–Crippen LogP) is 2.61. The largest absolute Gasteiger partial charge is 0.481 e. The van der Waals surface area contributed by atoms with Crippen molar-refractivity contribution in [2.24, 2.45) is 0 Å². The molecule has 1 amide bonds. The number of benzene rings is 1. The summed E-state index contributed by atoms with van der Waals surface area (Å²) in [6.45, 7) is 1.70. The van der Waals surface area contributed by atoms with E-state index in [1.165, 1.54) is 0 Å². The van der Waals surface area contributed by atoms with Crippen LogP contribution in [-0.4, -0.2) is 34.6 Å². The second-order valence-electron chi connectivity index (χ2n) is 5.35. The third-order valence-corrected chi connectivity index (χ3v) is 3.33. The van der Waals surface area contributed by atoms with E-state index in [2.05, 4.69) is 10.3 Å². The van der Waals surface area contributed by atoms with Gasteiger partial charge in [0, 0.05) is 12.7 Å². The summed E-state index contributed by atoms with van der Waals surface area (Å²) in [7, 11) is 0. The summed E-state index contributed by atoms with van der Waals surface area (Å²) in [4.78, 5) is 26.4. The number of carbonyl (C=O) groups excluding carboxylic acids is 1. The minimum atomic E-state index is -0.955. The summed E-state index contributed by atoms with van der Waals surface area (Å²) in [5.74, 6) is -0.737. The van der Waals surface area contributed by atoms with Gasteiger partial charge in [-0.25, -0.2) is 0 Å². The van der Waals surface area contributed by atoms with Crippen LogP contribution in [0.25, 0.3) is 12.2 Å². The van der Waals surface area contributed by atoms with Crippen LogP contribution >= 0.6 is 0 Å². The third-order valence-electron chi connectivity index (χ3n) is 3.33. The number of nitrogens with one attached hydrogen (secondary N) is 1. The van der Waals surface area contributed by atoms with Gasteiger partial charge in [0.2, 0.25) is 0 Å². The molecule has 0 aliphatic rings. The van der Waals surface area contributed by atoms with Crippen LogP contribution < -0.4 is 10.1 Å². The Hall–Kier alpha value is -3.15. The molecular formula is C19H20N2O4. The Balaban J connectivity index is 1.86. The lowest BCUT2D eigenvalue weighted by atomic mass is 10.2. The minimum absolute atomic E-state index is 0.0825. The maximum atomic E-state index is 11.8. The monoisotopic (exact) mass is 340 g/mol. The van der Waals surface area contributed by atoms with Crippen LogP contribution in [0.1, 0.15) is 24.6 Å². The van der Waals surface area contributed by atoms with Crippen LogP contribution in [0.4, 0.5) is 0 Å². The van der Waals surface area contributed by atoms with Gasteiger partial charge in [0.1, 0.15) is 5.75 Å². The van der Waals surface area contributed by atoms with E-state index >= 15 is 0 Å². The summed E-state index contributed by atoms with van der Waals surface area (Å²) in [5, 5.41) is 11.1. The Morgan fingerprint density at radius 1 is 1.20 bits per heavy atom. The zero-order chi connectivity index (χ0) is 18.1. The van der Waals surface area contributed by atoms with E-state index in [4.69, 9.17) is 9.84 Å². The molecule has 2 N–H and O–H groups in total. The molecule has 0 aliphatic heterocycles. The lowest BCUT2D eigenvalue weighted by molar-refractivity contribution is -0.137. The molecule has 1 unspecified atom stereocenters. The number of ether oxygens (including phenoxy) is 1. The molecule has 0 aliphatic carbocycles. The fourth-order valence-electron chi connectivity index (χ4n) is 2.01. The summed E-state index contributed by atoms with van der Waals surface area (Å²) in [5.41, 5.74) is 1.85. The molecule has 0 radical (unpaired) electrons. The maximum absolute atomic E-state index is 11.8. The first kappa shape index (κ1) is 18.2. The van der Waals surface area contributed by atoms with E-state index < -0.39 is 12.1 Å². The van der Waals surface area contributed by atoms with Gasteiger partial charge in [-0.15, -0.1) is 0 Å². The van der Waals surface area contributed by atoms with E-state index in [0.717, 1.165) is 11.3 Å². The van der Waals surface area contributed by atoms with Crippen molar-refractivity contribution in [1.82, 2.24) is 10.3 Å². The van der Waals surface area contributed by atoms with Crippen molar-refractivity contribution in [2.75, 3.05) is 6.54 Å². The van der Waals surface area contributed by atoms with Crippen LogP contribution in [0.3, 0.4) is 0 Å². The first-order chi connectivity index (χ1) is 12.0. The van der Waals surface area contributed by atoms with E-state index in [1.807, 2.05) is 42.5 Å². The molecule has 2 aromatic rings. The number of rotatable bonds is 8. The van der Waals surface area contributed by atoms with Crippen LogP contribution in [0, 0.1) is 0 Å². The third kappa shape index (κ3) is 6.47. The van der Waals surface area contributed by atoms with Crippen molar-refractivity contribution in [3.63, 3.8) is 0 Å². The molecule has 6 heteroatoms. The SMILES string of the molecule is CC(Oc1ccc(/C=C/c2ccccn2)cc1)C(=O)NCCC(=O)O. The van der Waals surface area contributed by atoms with Gasteiger partial charge in [-0.3, -0.25) is 14.6 Å². The fourth-order valence-corrected chi connectivity index (χ4v) is 2.01. The van der Waals surface area contributed by atoms with Crippen LogP contribution in [0.15, 0.2) is 48.7 Å². The van der Waals surface area contributed by atoms with Gasteiger partial charge in [-0.05, 0) is 42.8 Å². The van der Waals surface area contributed by atoms with E-state index in [0.29, 0.717) is 5.75 Å². The lowest BCUT2D eigenvalue weighted by Gasteiger charge is -2.14. The van der Waals surface area contributed by atoms with Crippen molar-refractivity contribution < 1.29 is 19.4 Å². The van der Waals surface area contributed by atoms with E-state index in [9.17, 15) is 9.59 Å². The summed E-state index contributed by atoms with van der Waals surface area (Å²) in [6.07, 6.45) is 4.77. The van der Waals surface area contributed by atoms with Crippen LogP contribution in [-0.2, 0) is 9.59 Å². The van der Waals surface area contributed by atoms with Gasteiger partial charge in [0.25, 0.3) is 5.91 Å². The normalized spacial score (nSPS) is 11.9. The molecule has 25 heavy (non-hydrogen) atoms. The van der Waals surface area contributed by atoms with Crippen molar-refractivity contribution in [3.05, 3.63) is 59.9 Å². The van der Waals surface area contributed by atoms with E-state index in [1.54, 1.807) is 25.3 Å². The van der Waals surface area contributed by atoms with Gasteiger partial charge in [-0.1, -0.05) is 24.3 Å². The van der Waals surface area contributed by atoms with Crippen molar-refractivity contribution in [2.45, 2.75) is 19.4 Å². The molecular weight excluding hydrogens is 320 g/mol.